The van der Waals surface area contributed by atoms with E-state index in [2.05, 4.69) is 10.4 Å². The van der Waals surface area contributed by atoms with E-state index in [9.17, 15) is 41.1 Å². The van der Waals surface area contributed by atoms with Gasteiger partial charge in [-0.1, -0.05) is 17.7 Å². The number of aromatic nitrogens is 2. The number of ketones is 1. The molecule has 0 bridgehead atoms. The van der Waals surface area contributed by atoms with Gasteiger partial charge in [0.05, 0.1) is 53.1 Å². The lowest BCUT2D eigenvalue weighted by Gasteiger charge is -2.29. The third kappa shape index (κ3) is 8.08. The third-order valence-electron chi connectivity index (χ3n) is 7.48. The van der Waals surface area contributed by atoms with Crippen molar-refractivity contribution in [2.75, 3.05) is 18.5 Å². The van der Waals surface area contributed by atoms with E-state index in [1.165, 1.54) is 25.1 Å². The zero-order valence-corrected chi connectivity index (χ0v) is 25.6. The van der Waals surface area contributed by atoms with E-state index in [0.29, 0.717) is 15.6 Å². The summed E-state index contributed by atoms with van der Waals surface area (Å²) in [6.45, 7) is 1.48. The Morgan fingerprint density at radius 3 is 2.30 bits per heavy atom. The van der Waals surface area contributed by atoms with Crippen LogP contribution in [-0.4, -0.2) is 51.4 Å². The summed E-state index contributed by atoms with van der Waals surface area (Å²) in [5, 5.41) is 6.24. The van der Waals surface area contributed by atoms with Gasteiger partial charge in [0.2, 0.25) is 5.91 Å². The van der Waals surface area contributed by atoms with Crippen molar-refractivity contribution in [1.82, 2.24) is 14.7 Å². The van der Waals surface area contributed by atoms with E-state index in [-0.39, 0.29) is 54.1 Å². The fourth-order valence-corrected chi connectivity index (χ4v) is 5.82. The number of benzene rings is 2. The Kier molecular flexibility index (Phi) is 10.8. The number of halogens is 6. The normalized spacial score (nSPS) is 16.5. The lowest BCUT2D eigenvalue weighted by molar-refractivity contribution is -0.151. The molecule has 15 heteroatoms. The lowest BCUT2D eigenvalue weighted by atomic mass is 9.86. The van der Waals surface area contributed by atoms with E-state index in [1.54, 1.807) is 6.92 Å². The molecule has 9 nitrogen and oxygen atoms in total. The molecule has 0 radical (unpaired) electrons. The largest absolute Gasteiger partial charge is 0.466 e. The number of carbonyl (C=O) groups excluding carboxylic acids is 4. The molecule has 2 amide bonds. The van der Waals surface area contributed by atoms with Crippen LogP contribution in [0.1, 0.15) is 77.5 Å². The standard InChI is InChI=1S/C31H30ClF5N4O5/c1-3-46-30(45)19-7-9-22(10-8-19)41-28(31(35,36)37)23(14-38-41)29(44)40(15-18-11-20(33)13-21(34)12-18)16-26(43)27-24(32)5-4-6-25(27)39-17(2)42/h4-6,11-14,19,22H,3,7-10,15-16H2,1-2H3,(H,39,42)/t19-,22-. The maximum Gasteiger partial charge on any atom is 0.433 e. The number of ether oxygens (including phenoxy) is 1. The molecule has 1 heterocycles. The minimum atomic E-state index is -5.07. The van der Waals surface area contributed by atoms with Crippen molar-refractivity contribution in [3.8, 4) is 0 Å². The second-order valence-corrected chi connectivity index (χ2v) is 11.2. The number of rotatable bonds is 10. The van der Waals surface area contributed by atoms with E-state index in [4.69, 9.17) is 16.3 Å². The number of Topliss-reactive ketones (excluding diaryl/α,β-unsaturated/α-hetero) is 1. The van der Waals surface area contributed by atoms with Crippen LogP contribution in [0, 0.1) is 17.6 Å². The second kappa shape index (κ2) is 14.4. The number of nitrogens with one attached hydrogen (secondary N) is 1. The first kappa shape index (κ1) is 34.5. The summed E-state index contributed by atoms with van der Waals surface area (Å²) >= 11 is 6.25. The first-order chi connectivity index (χ1) is 21.7. The van der Waals surface area contributed by atoms with Crippen LogP contribution in [0.5, 0.6) is 0 Å². The smallest absolute Gasteiger partial charge is 0.433 e. The van der Waals surface area contributed by atoms with Crippen LogP contribution in [-0.2, 0) is 27.0 Å². The molecular formula is C31H30ClF5N4O5. The van der Waals surface area contributed by atoms with E-state index in [1.807, 2.05) is 0 Å². The minimum Gasteiger partial charge on any atom is -0.466 e. The quantitative estimate of drug-likeness (QED) is 0.148. The van der Waals surface area contributed by atoms with Gasteiger partial charge >= 0.3 is 12.1 Å². The van der Waals surface area contributed by atoms with E-state index in [0.717, 1.165) is 18.3 Å². The number of hydrogen-bond donors (Lipinski definition) is 1. The van der Waals surface area contributed by atoms with Gasteiger partial charge in [0.15, 0.2) is 11.5 Å². The van der Waals surface area contributed by atoms with Crippen LogP contribution in [0.2, 0.25) is 5.02 Å². The molecule has 0 spiro atoms. The summed E-state index contributed by atoms with van der Waals surface area (Å²) in [5.41, 5.74) is -2.61. The zero-order chi connectivity index (χ0) is 33.8. The summed E-state index contributed by atoms with van der Waals surface area (Å²) in [6, 6.07) is 5.71. The molecule has 0 unspecified atom stereocenters. The molecule has 1 fully saturated rings. The molecular weight excluding hydrogens is 639 g/mol. The molecule has 1 N–H and O–H groups in total. The summed E-state index contributed by atoms with van der Waals surface area (Å²) in [4.78, 5) is 52.0. The number of hydrogen-bond acceptors (Lipinski definition) is 6. The Hall–Kier alpha value is -4.33. The number of alkyl halides is 3. The Balaban J connectivity index is 1.71. The fraction of sp³-hybridized carbons (Fsp3) is 0.387. The molecule has 0 aliphatic heterocycles. The Labute approximate surface area is 265 Å². The Morgan fingerprint density at radius 1 is 1.07 bits per heavy atom. The van der Waals surface area contributed by atoms with Crippen molar-refractivity contribution in [2.45, 2.75) is 58.3 Å². The number of carbonyl (C=O) groups is 4. The van der Waals surface area contributed by atoms with Crippen molar-refractivity contribution in [3.63, 3.8) is 0 Å². The van der Waals surface area contributed by atoms with Gasteiger partial charge in [0, 0.05) is 19.5 Å². The van der Waals surface area contributed by atoms with Crippen molar-refractivity contribution >= 4 is 40.9 Å². The number of esters is 1. The first-order valence-corrected chi connectivity index (χ1v) is 14.7. The van der Waals surface area contributed by atoms with Gasteiger partial charge in [0.1, 0.15) is 11.6 Å². The zero-order valence-electron chi connectivity index (χ0n) is 24.8. The van der Waals surface area contributed by atoms with Gasteiger partial charge in [0.25, 0.3) is 5.91 Å². The molecule has 46 heavy (non-hydrogen) atoms. The molecule has 2 aromatic carbocycles. The third-order valence-corrected chi connectivity index (χ3v) is 7.79. The van der Waals surface area contributed by atoms with Gasteiger partial charge < -0.3 is 15.0 Å². The maximum absolute atomic E-state index is 14.6. The summed E-state index contributed by atoms with van der Waals surface area (Å²) in [5.74, 6) is -5.60. The number of amides is 2. The summed E-state index contributed by atoms with van der Waals surface area (Å²) in [6.07, 6.45) is -3.50. The molecule has 1 aliphatic rings. The minimum absolute atomic E-state index is 0.00331. The fourth-order valence-electron chi connectivity index (χ4n) is 5.54. The van der Waals surface area contributed by atoms with Gasteiger partial charge in [-0.05, 0) is 62.4 Å². The highest BCUT2D eigenvalue weighted by atomic mass is 35.5. The van der Waals surface area contributed by atoms with E-state index >= 15 is 0 Å². The molecule has 1 aromatic heterocycles. The highest BCUT2D eigenvalue weighted by Crippen LogP contribution is 2.39. The van der Waals surface area contributed by atoms with Crippen molar-refractivity contribution in [1.29, 1.82) is 0 Å². The molecule has 1 saturated carbocycles. The van der Waals surface area contributed by atoms with Crippen molar-refractivity contribution < 1.29 is 45.9 Å². The average molecular weight is 669 g/mol. The van der Waals surface area contributed by atoms with Gasteiger partial charge in [-0.15, -0.1) is 0 Å². The summed E-state index contributed by atoms with van der Waals surface area (Å²) < 4.78 is 77.6. The molecule has 1 aliphatic carbocycles. The van der Waals surface area contributed by atoms with Crippen molar-refractivity contribution in [3.05, 3.63) is 81.6 Å². The van der Waals surface area contributed by atoms with Crippen LogP contribution in [0.25, 0.3) is 0 Å². The van der Waals surface area contributed by atoms with Crippen LogP contribution in [0.3, 0.4) is 0 Å². The predicted molar refractivity (Wildman–Crippen MR) is 156 cm³/mol. The molecule has 4 rings (SSSR count). The highest BCUT2D eigenvalue weighted by molar-refractivity contribution is 6.35. The molecule has 0 atom stereocenters. The topological polar surface area (TPSA) is 111 Å². The van der Waals surface area contributed by atoms with Gasteiger partial charge in [-0.3, -0.25) is 23.9 Å². The van der Waals surface area contributed by atoms with Crippen LogP contribution in [0.15, 0.2) is 42.6 Å². The molecule has 0 saturated heterocycles. The first-order valence-electron chi connectivity index (χ1n) is 14.3. The molecule has 246 valence electrons. The van der Waals surface area contributed by atoms with Crippen molar-refractivity contribution in [2.24, 2.45) is 5.92 Å². The van der Waals surface area contributed by atoms with E-state index < -0.39 is 77.7 Å². The van der Waals surface area contributed by atoms with Crippen LogP contribution >= 0.6 is 11.6 Å². The molecule has 3 aromatic rings. The Bertz CT molecular complexity index is 1620. The second-order valence-electron chi connectivity index (χ2n) is 10.8. The van der Waals surface area contributed by atoms with Gasteiger partial charge in [-0.2, -0.15) is 18.3 Å². The SMILES string of the molecule is CCOC(=O)[C@H]1CC[C@H](n2ncc(C(=O)N(CC(=O)c3c(Cl)cccc3NC(C)=O)Cc3cc(F)cc(F)c3)c2C(F)(F)F)CC1. The lowest BCUT2D eigenvalue weighted by Crippen LogP contribution is -2.37. The monoisotopic (exact) mass is 668 g/mol. The van der Waals surface area contributed by atoms with Gasteiger partial charge in [-0.25, -0.2) is 8.78 Å². The predicted octanol–water partition coefficient (Wildman–Crippen LogP) is 6.61. The van der Waals surface area contributed by atoms with Crippen LogP contribution in [0.4, 0.5) is 27.6 Å². The average Bonchev–Trinajstić information content (AvgIpc) is 3.42. The number of anilines is 1. The highest BCUT2D eigenvalue weighted by Gasteiger charge is 2.43. The van der Waals surface area contributed by atoms with Crippen LogP contribution < -0.4 is 5.32 Å². The Morgan fingerprint density at radius 2 is 1.72 bits per heavy atom. The summed E-state index contributed by atoms with van der Waals surface area (Å²) in [7, 11) is 0. The number of nitrogens with zero attached hydrogens (tertiary/aromatic N) is 3. The maximum atomic E-state index is 14.6.